The fourth-order valence-corrected chi connectivity index (χ4v) is 2.41. The zero-order valence-electron chi connectivity index (χ0n) is 11.3. The van der Waals surface area contributed by atoms with Gasteiger partial charge >= 0.3 is 6.09 Å². The van der Waals surface area contributed by atoms with E-state index in [0.717, 1.165) is 4.90 Å². The van der Waals surface area contributed by atoms with E-state index in [9.17, 15) is 9.59 Å². The predicted octanol–water partition coefficient (Wildman–Crippen LogP) is 1.80. The maximum atomic E-state index is 12.5. The molecular formula is C13H19NO5. The number of hydrogen-bond donors (Lipinski definition) is 0. The predicted molar refractivity (Wildman–Crippen MR) is 66.1 cm³/mol. The quantitative estimate of drug-likeness (QED) is 0.575. The van der Waals surface area contributed by atoms with Crippen LogP contribution in [0.3, 0.4) is 0 Å². The van der Waals surface area contributed by atoms with Gasteiger partial charge in [0.1, 0.15) is 12.2 Å². The van der Waals surface area contributed by atoms with Gasteiger partial charge in [-0.05, 0) is 12.8 Å². The Labute approximate surface area is 112 Å². The highest BCUT2D eigenvalue weighted by molar-refractivity contribution is 5.98. The van der Waals surface area contributed by atoms with Crippen molar-refractivity contribution < 1.29 is 24.1 Å². The summed E-state index contributed by atoms with van der Waals surface area (Å²) in [5, 5.41) is 0. The molecule has 2 atom stereocenters. The summed E-state index contributed by atoms with van der Waals surface area (Å²) < 4.78 is 4.79. The summed E-state index contributed by atoms with van der Waals surface area (Å²) in [5.74, 6) is -0.394. The number of amides is 2. The highest BCUT2D eigenvalue weighted by atomic mass is 17.2. The molecule has 106 valence electrons. The zero-order valence-corrected chi connectivity index (χ0v) is 11.3. The van der Waals surface area contributed by atoms with Gasteiger partial charge in [0.05, 0.1) is 6.54 Å². The molecule has 0 spiro atoms. The van der Waals surface area contributed by atoms with Crippen LogP contribution in [0.25, 0.3) is 0 Å². The van der Waals surface area contributed by atoms with Crippen LogP contribution in [0, 0.1) is 0 Å². The molecule has 2 aliphatic rings. The molecule has 2 amide bonds. The Morgan fingerprint density at radius 3 is 2.58 bits per heavy atom. The summed E-state index contributed by atoms with van der Waals surface area (Å²) in [7, 11) is 0. The molecule has 0 radical (unpaired) electrons. The molecule has 6 nitrogen and oxygen atoms in total. The Balaban J connectivity index is 2.22. The number of nitrogens with zero attached hydrogens (tertiary/aromatic N) is 1. The van der Waals surface area contributed by atoms with Crippen LogP contribution < -0.4 is 0 Å². The minimum absolute atomic E-state index is 0.228. The van der Waals surface area contributed by atoms with E-state index in [1.54, 1.807) is 6.08 Å². The second kappa shape index (κ2) is 4.94. The first-order valence-electron chi connectivity index (χ1n) is 6.51. The van der Waals surface area contributed by atoms with Gasteiger partial charge in [0.15, 0.2) is 5.60 Å². The van der Waals surface area contributed by atoms with Gasteiger partial charge in [0.2, 0.25) is 0 Å². The second-order valence-corrected chi connectivity index (χ2v) is 4.88. The monoisotopic (exact) mass is 269 g/mol. The van der Waals surface area contributed by atoms with E-state index in [2.05, 4.69) is 6.58 Å². The van der Waals surface area contributed by atoms with Crippen LogP contribution in [0.2, 0.25) is 0 Å². The lowest BCUT2D eigenvalue weighted by Crippen LogP contribution is -2.49. The number of rotatable bonds is 4. The summed E-state index contributed by atoms with van der Waals surface area (Å²) in [6, 6.07) is 0. The van der Waals surface area contributed by atoms with Gasteiger partial charge in [0.25, 0.3) is 5.91 Å². The van der Waals surface area contributed by atoms with Crippen LogP contribution in [0.4, 0.5) is 4.79 Å². The normalized spacial score (nSPS) is 34.4. The molecule has 6 heteroatoms. The Hall–Kier alpha value is -1.40. The standard InChI is InChI=1S/C13H19NO5/c1-4-12(5-2)9-13(6-3,19-18-12)10(15)14-7-8-17-11(14)16/h4H,1,5-9H2,2-3H3/t12-,13+/m0/s1. The number of cyclic esters (lactones) is 1. The first kappa shape index (κ1) is 14.0. The molecule has 0 bridgehead atoms. The topological polar surface area (TPSA) is 65.1 Å². The van der Waals surface area contributed by atoms with Crippen LogP contribution in [-0.2, 0) is 19.3 Å². The largest absolute Gasteiger partial charge is 0.447 e. The molecule has 19 heavy (non-hydrogen) atoms. The molecule has 0 N–H and O–H groups in total. The van der Waals surface area contributed by atoms with E-state index >= 15 is 0 Å². The fourth-order valence-electron chi connectivity index (χ4n) is 2.41. The SMILES string of the molecule is C=C[C@]1(CC)C[C@](CC)(C(=O)N2CCOC2=O)OO1. The first-order chi connectivity index (χ1) is 9.02. The third-order valence-electron chi connectivity index (χ3n) is 3.89. The summed E-state index contributed by atoms with van der Waals surface area (Å²) >= 11 is 0. The molecule has 2 aliphatic heterocycles. The average Bonchev–Trinajstić information content (AvgIpc) is 3.03. The first-order valence-corrected chi connectivity index (χ1v) is 6.51. The van der Waals surface area contributed by atoms with Gasteiger partial charge in [-0.1, -0.05) is 19.9 Å². The van der Waals surface area contributed by atoms with E-state index in [-0.39, 0.29) is 13.2 Å². The fraction of sp³-hybridized carbons (Fsp3) is 0.692. The maximum Gasteiger partial charge on any atom is 0.416 e. The number of carbonyl (C=O) groups is 2. The highest BCUT2D eigenvalue weighted by Crippen LogP contribution is 2.42. The third kappa shape index (κ3) is 2.15. The van der Waals surface area contributed by atoms with Crippen molar-refractivity contribution in [1.29, 1.82) is 0 Å². The zero-order chi connectivity index (χ0) is 14.1. The summed E-state index contributed by atoms with van der Waals surface area (Å²) in [6.45, 7) is 7.99. The van der Waals surface area contributed by atoms with Gasteiger partial charge in [0, 0.05) is 6.42 Å². The minimum atomic E-state index is -1.13. The number of hydrogen-bond acceptors (Lipinski definition) is 5. The lowest BCUT2D eigenvalue weighted by Gasteiger charge is -2.26. The second-order valence-electron chi connectivity index (χ2n) is 4.88. The molecule has 0 aromatic carbocycles. The van der Waals surface area contributed by atoms with Crippen molar-refractivity contribution in [3.05, 3.63) is 12.7 Å². The Bertz CT molecular complexity index is 410. The van der Waals surface area contributed by atoms with E-state index in [1.807, 2.05) is 13.8 Å². The van der Waals surface area contributed by atoms with Crippen LogP contribution in [-0.4, -0.2) is 41.3 Å². The molecule has 0 aromatic rings. The lowest BCUT2D eigenvalue weighted by molar-refractivity contribution is -0.335. The van der Waals surface area contributed by atoms with Crippen molar-refractivity contribution in [3.63, 3.8) is 0 Å². The Morgan fingerprint density at radius 1 is 1.42 bits per heavy atom. The number of carbonyl (C=O) groups excluding carboxylic acids is 2. The molecule has 0 aromatic heterocycles. The van der Waals surface area contributed by atoms with Crippen molar-refractivity contribution in [2.45, 2.75) is 44.3 Å². The van der Waals surface area contributed by atoms with Crippen LogP contribution in [0.15, 0.2) is 12.7 Å². The van der Waals surface area contributed by atoms with Gasteiger partial charge in [-0.25, -0.2) is 19.5 Å². The lowest BCUT2D eigenvalue weighted by atomic mass is 9.83. The van der Waals surface area contributed by atoms with Crippen LogP contribution >= 0.6 is 0 Å². The van der Waals surface area contributed by atoms with Crippen molar-refractivity contribution in [1.82, 2.24) is 4.90 Å². The molecule has 0 saturated carbocycles. The van der Waals surface area contributed by atoms with E-state index in [1.165, 1.54) is 0 Å². The minimum Gasteiger partial charge on any atom is -0.447 e. The van der Waals surface area contributed by atoms with Gasteiger partial charge < -0.3 is 4.74 Å². The van der Waals surface area contributed by atoms with E-state index in [0.29, 0.717) is 19.3 Å². The number of imide groups is 1. The van der Waals surface area contributed by atoms with Crippen molar-refractivity contribution >= 4 is 12.0 Å². The van der Waals surface area contributed by atoms with Gasteiger partial charge in [-0.15, -0.1) is 6.58 Å². The molecule has 2 saturated heterocycles. The van der Waals surface area contributed by atoms with E-state index < -0.39 is 23.2 Å². The smallest absolute Gasteiger partial charge is 0.416 e. The number of ether oxygens (including phenoxy) is 1. The summed E-state index contributed by atoms with van der Waals surface area (Å²) in [5.41, 5.74) is -1.80. The third-order valence-corrected chi connectivity index (χ3v) is 3.89. The molecule has 0 aliphatic carbocycles. The molecule has 0 unspecified atom stereocenters. The van der Waals surface area contributed by atoms with Crippen molar-refractivity contribution in [2.24, 2.45) is 0 Å². The van der Waals surface area contributed by atoms with Gasteiger partial charge in [-0.3, -0.25) is 4.79 Å². The van der Waals surface area contributed by atoms with Crippen LogP contribution in [0.1, 0.15) is 33.1 Å². The molecule has 2 rings (SSSR count). The Morgan fingerprint density at radius 2 is 2.16 bits per heavy atom. The Kier molecular flexibility index (Phi) is 3.64. The van der Waals surface area contributed by atoms with E-state index in [4.69, 9.17) is 14.5 Å². The van der Waals surface area contributed by atoms with Gasteiger partial charge in [-0.2, -0.15) is 0 Å². The highest BCUT2D eigenvalue weighted by Gasteiger charge is 2.56. The summed E-state index contributed by atoms with van der Waals surface area (Å²) in [6.07, 6.45) is 2.47. The average molecular weight is 269 g/mol. The molecule has 2 heterocycles. The molecular weight excluding hydrogens is 250 g/mol. The van der Waals surface area contributed by atoms with Crippen molar-refractivity contribution in [3.8, 4) is 0 Å². The van der Waals surface area contributed by atoms with Crippen molar-refractivity contribution in [2.75, 3.05) is 13.2 Å². The van der Waals surface area contributed by atoms with Crippen LogP contribution in [0.5, 0.6) is 0 Å². The summed E-state index contributed by atoms with van der Waals surface area (Å²) in [4.78, 5) is 35.8. The maximum absolute atomic E-state index is 12.5. The molecule has 2 fully saturated rings.